The van der Waals surface area contributed by atoms with Gasteiger partial charge in [0.15, 0.2) is 0 Å². The third-order valence-electron chi connectivity index (χ3n) is 4.54. The van der Waals surface area contributed by atoms with E-state index in [9.17, 15) is 9.18 Å². The lowest BCUT2D eigenvalue weighted by atomic mass is 10.1. The molecular weight excluding hydrogens is 355 g/mol. The lowest BCUT2D eigenvalue weighted by molar-refractivity contribution is -0.110. The Bertz CT molecular complexity index is 1030. The first-order chi connectivity index (χ1) is 13.7. The predicted molar refractivity (Wildman–Crippen MR) is 110 cm³/mol. The molecule has 6 heteroatoms. The summed E-state index contributed by atoms with van der Waals surface area (Å²) in [5, 5.41) is 8.92. The molecule has 1 aromatic heterocycles. The fourth-order valence-electron chi connectivity index (χ4n) is 3.08. The Balaban J connectivity index is 1.40. The molecule has 4 rings (SSSR count). The van der Waals surface area contributed by atoms with Gasteiger partial charge in [0.05, 0.1) is 11.3 Å². The molecule has 1 amide bonds. The Morgan fingerprint density at radius 2 is 1.89 bits per heavy atom. The van der Waals surface area contributed by atoms with Crippen LogP contribution in [0.15, 0.2) is 73.2 Å². The molecular formula is C22H19FN4O. The number of benzene rings is 2. The van der Waals surface area contributed by atoms with Crippen LogP contribution in [0.5, 0.6) is 0 Å². The number of anilines is 3. The average molecular weight is 374 g/mol. The summed E-state index contributed by atoms with van der Waals surface area (Å²) >= 11 is 0. The molecule has 0 spiro atoms. The minimum Gasteiger partial charge on any atom is -0.382 e. The van der Waals surface area contributed by atoms with Crippen LogP contribution in [0.25, 0.3) is 5.57 Å². The number of hydrogen-bond donors (Lipinski definition) is 3. The van der Waals surface area contributed by atoms with Gasteiger partial charge in [0.2, 0.25) is 0 Å². The molecule has 3 N–H and O–H groups in total. The maximum atomic E-state index is 14.4. The van der Waals surface area contributed by atoms with E-state index >= 15 is 0 Å². The fraction of sp³-hybridized carbons (Fsp3) is 0.0909. The number of halogens is 1. The topological polar surface area (TPSA) is 66.1 Å². The van der Waals surface area contributed by atoms with E-state index in [4.69, 9.17) is 0 Å². The second-order valence-corrected chi connectivity index (χ2v) is 6.43. The van der Waals surface area contributed by atoms with Gasteiger partial charge in [-0.3, -0.25) is 9.78 Å². The first-order valence-electron chi connectivity index (χ1n) is 9.00. The standard InChI is InChI=1S/C22H19FN4O/c23-19-13-16(5-6-21(19)25-12-9-15-7-10-24-11-8-15)26-14-18-17-3-1-2-4-20(17)27-22(18)28/h1-8,10-11,13-14,25-26H,9,12H2,(H,27,28). The predicted octanol–water partition coefficient (Wildman–Crippen LogP) is 4.28. The first kappa shape index (κ1) is 17.7. The summed E-state index contributed by atoms with van der Waals surface area (Å²) in [6.45, 7) is 0.620. The lowest BCUT2D eigenvalue weighted by Crippen LogP contribution is -2.07. The van der Waals surface area contributed by atoms with Crippen molar-refractivity contribution in [3.8, 4) is 0 Å². The highest BCUT2D eigenvalue weighted by atomic mass is 19.1. The fourth-order valence-corrected chi connectivity index (χ4v) is 3.08. The zero-order valence-electron chi connectivity index (χ0n) is 15.1. The van der Waals surface area contributed by atoms with Gasteiger partial charge in [0.1, 0.15) is 5.82 Å². The van der Waals surface area contributed by atoms with Crippen LogP contribution >= 0.6 is 0 Å². The summed E-state index contributed by atoms with van der Waals surface area (Å²) < 4.78 is 14.4. The van der Waals surface area contributed by atoms with Crippen molar-refractivity contribution in [2.45, 2.75) is 6.42 Å². The summed E-state index contributed by atoms with van der Waals surface area (Å²) in [6, 6.07) is 16.2. The van der Waals surface area contributed by atoms with Gasteiger partial charge in [0.25, 0.3) is 5.91 Å². The number of amides is 1. The SMILES string of the molecule is O=C1Nc2ccccc2C1=CNc1ccc(NCCc2ccncc2)c(F)c1. The number of carbonyl (C=O) groups is 1. The Labute approximate surface area is 162 Å². The highest BCUT2D eigenvalue weighted by molar-refractivity contribution is 6.31. The summed E-state index contributed by atoms with van der Waals surface area (Å²) in [5.41, 5.74) is 4.28. The molecule has 1 aliphatic rings. The highest BCUT2D eigenvalue weighted by Gasteiger charge is 2.23. The summed E-state index contributed by atoms with van der Waals surface area (Å²) in [7, 11) is 0. The van der Waals surface area contributed by atoms with E-state index in [2.05, 4.69) is 20.9 Å². The van der Waals surface area contributed by atoms with E-state index in [1.54, 1.807) is 30.7 Å². The van der Waals surface area contributed by atoms with Gasteiger partial charge in [-0.1, -0.05) is 18.2 Å². The molecule has 5 nitrogen and oxygen atoms in total. The van der Waals surface area contributed by atoms with Gasteiger partial charge in [-0.05, 0) is 48.4 Å². The lowest BCUT2D eigenvalue weighted by Gasteiger charge is -2.09. The van der Waals surface area contributed by atoms with Crippen LogP contribution in [0.1, 0.15) is 11.1 Å². The second-order valence-electron chi connectivity index (χ2n) is 6.43. The monoisotopic (exact) mass is 374 g/mol. The van der Waals surface area contributed by atoms with Crippen molar-refractivity contribution in [2.24, 2.45) is 0 Å². The third-order valence-corrected chi connectivity index (χ3v) is 4.54. The van der Waals surface area contributed by atoms with Crippen LogP contribution in [-0.4, -0.2) is 17.4 Å². The van der Waals surface area contributed by atoms with E-state index in [-0.39, 0.29) is 11.7 Å². The Morgan fingerprint density at radius 1 is 1.07 bits per heavy atom. The largest absolute Gasteiger partial charge is 0.382 e. The van der Waals surface area contributed by atoms with Gasteiger partial charge in [0, 0.05) is 42.1 Å². The van der Waals surface area contributed by atoms with E-state index < -0.39 is 0 Å². The van der Waals surface area contributed by atoms with Crippen LogP contribution in [0.4, 0.5) is 21.5 Å². The zero-order valence-corrected chi connectivity index (χ0v) is 15.1. The number of rotatable bonds is 6. The molecule has 0 fully saturated rings. The molecule has 140 valence electrons. The molecule has 3 aromatic rings. The summed E-state index contributed by atoms with van der Waals surface area (Å²) in [6.07, 6.45) is 5.87. The van der Waals surface area contributed by atoms with E-state index in [1.807, 2.05) is 36.4 Å². The normalized spacial score (nSPS) is 13.9. The second kappa shape index (κ2) is 7.92. The highest BCUT2D eigenvalue weighted by Crippen LogP contribution is 2.31. The van der Waals surface area contributed by atoms with Gasteiger partial charge in [-0.25, -0.2) is 4.39 Å². The summed E-state index contributed by atoms with van der Waals surface area (Å²) in [4.78, 5) is 16.1. The van der Waals surface area contributed by atoms with Crippen molar-refractivity contribution in [3.63, 3.8) is 0 Å². The van der Waals surface area contributed by atoms with Crippen molar-refractivity contribution < 1.29 is 9.18 Å². The summed E-state index contributed by atoms with van der Waals surface area (Å²) in [5.74, 6) is -0.530. The van der Waals surface area contributed by atoms with Crippen LogP contribution in [0.2, 0.25) is 0 Å². The van der Waals surface area contributed by atoms with E-state index in [1.165, 1.54) is 6.07 Å². The third kappa shape index (κ3) is 3.86. The Hall–Kier alpha value is -3.67. The van der Waals surface area contributed by atoms with Crippen LogP contribution in [0, 0.1) is 5.82 Å². The number of pyridine rings is 1. The first-order valence-corrected chi connectivity index (χ1v) is 9.00. The maximum absolute atomic E-state index is 14.4. The minimum absolute atomic E-state index is 0.177. The molecule has 0 bridgehead atoms. The molecule has 0 unspecified atom stereocenters. The number of nitrogens with one attached hydrogen (secondary N) is 3. The number of carbonyl (C=O) groups excluding carboxylic acids is 1. The quantitative estimate of drug-likeness (QED) is 0.564. The van der Waals surface area contributed by atoms with Gasteiger partial charge < -0.3 is 16.0 Å². The van der Waals surface area contributed by atoms with E-state index in [0.29, 0.717) is 23.5 Å². The van der Waals surface area contributed by atoms with Gasteiger partial charge in [-0.15, -0.1) is 0 Å². The number of fused-ring (bicyclic) bond motifs is 1. The van der Waals surface area contributed by atoms with Gasteiger partial charge >= 0.3 is 0 Å². The molecule has 1 aliphatic heterocycles. The maximum Gasteiger partial charge on any atom is 0.257 e. The van der Waals surface area contributed by atoms with E-state index in [0.717, 1.165) is 23.2 Å². The molecule has 0 aliphatic carbocycles. The zero-order chi connectivity index (χ0) is 19.3. The van der Waals surface area contributed by atoms with Crippen molar-refractivity contribution >= 4 is 28.5 Å². The molecule has 0 radical (unpaired) electrons. The van der Waals surface area contributed by atoms with Crippen LogP contribution in [-0.2, 0) is 11.2 Å². The van der Waals surface area contributed by atoms with Crippen molar-refractivity contribution in [1.82, 2.24) is 4.98 Å². The van der Waals surface area contributed by atoms with Gasteiger partial charge in [-0.2, -0.15) is 0 Å². The molecule has 2 heterocycles. The molecule has 0 atom stereocenters. The molecule has 2 aromatic carbocycles. The molecule has 0 saturated carbocycles. The number of nitrogens with zero attached hydrogens (tertiary/aromatic N) is 1. The molecule has 0 saturated heterocycles. The average Bonchev–Trinajstić information content (AvgIpc) is 3.04. The Morgan fingerprint density at radius 3 is 2.71 bits per heavy atom. The van der Waals surface area contributed by atoms with Crippen LogP contribution < -0.4 is 16.0 Å². The molecule has 28 heavy (non-hydrogen) atoms. The smallest absolute Gasteiger partial charge is 0.257 e. The number of aromatic nitrogens is 1. The van der Waals surface area contributed by atoms with Crippen LogP contribution in [0.3, 0.4) is 0 Å². The van der Waals surface area contributed by atoms with Crippen molar-refractivity contribution in [1.29, 1.82) is 0 Å². The number of hydrogen-bond acceptors (Lipinski definition) is 4. The number of para-hydroxylation sites is 1. The Kier molecular flexibility index (Phi) is 5.01. The minimum atomic E-state index is -0.352. The van der Waals surface area contributed by atoms with Crippen molar-refractivity contribution in [2.75, 3.05) is 22.5 Å². The van der Waals surface area contributed by atoms with Crippen molar-refractivity contribution in [3.05, 3.63) is 90.1 Å².